The number of ether oxygens (including phenoxy) is 2. The molecule has 0 rings (SSSR count). The van der Waals surface area contributed by atoms with Crippen LogP contribution in [0.15, 0.2) is 0 Å². The Bertz CT molecular complexity index is 109. The largest absolute Gasteiger partial charge is 0.382 e. The average Bonchev–Trinajstić information content (AvgIpc) is 2.12. The number of rotatable bonds is 8. The van der Waals surface area contributed by atoms with Crippen molar-refractivity contribution in [1.29, 1.82) is 0 Å². The van der Waals surface area contributed by atoms with Crippen molar-refractivity contribution in [1.82, 2.24) is 5.32 Å². The molecular formula is C10H23NO2. The van der Waals surface area contributed by atoms with Crippen molar-refractivity contribution in [2.24, 2.45) is 0 Å². The predicted octanol–water partition coefficient (Wildman–Crippen LogP) is 1.43. The van der Waals surface area contributed by atoms with Gasteiger partial charge in [0.2, 0.25) is 0 Å². The number of nitrogens with one attached hydrogen (secondary N) is 1. The fourth-order valence-corrected chi connectivity index (χ4v) is 1.22. The highest BCUT2D eigenvalue weighted by atomic mass is 16.5. The standard InChI is InChI=1S/C10H23NO2/c1-5-6-10(11-3)8-13-9(2)7-12-4/h9-11H,5-8H2,1-4H3. The molecule has 0 fully saturated rings. The summed E-state index contributed by atoms with van der Waals surface area (Å²) in [5, 5.41) is 3.23. The van der Waals surface area contributed by atoms with Crippen LogP contribution in [0.1, 0.15) is 26.7 Å². The second kappa shape index (κ2) is 8.48. The number of likely N-dealkylation sites (N-methyl/N-ethyl adjacent to an activating group) is 1. The second-order valence-electron chi connectivity index (χ2n) is 3.37. The molecule has 0 aromatic heterocycles. The predicted molar refractivity (Wildman–Crippen MR) is 55.0 cm³/mol. The van der Waals surface area contributed by atoms with Crippen molar-refractivity contribution in [3.05, 3.63) is 0 Å². The van der Waals surface area contributed by atoms with Crippen LogP contribution in [-0.4, -0.2) is 39.5 Å². The summed E-state index contributed by atoms with van der Waals surface area (Å²) in [5.74, 6) is 0. The summed E-state index contributed by atoms with van der Waals surface area (Å²) in [5.41, 5.74) is 0. The third-order valence-electron chi connectivity index (χ3n) is 2.03. The minimum Gasteiger partial charge on any atom is -0.382 e. The Labute approximate surface area is 81.8 Å². The van der Waals surface area contributed by atoms with Gasteiger partial charge in [-0.1, -0.05) is 13.3 Å². The molecule has 0 heterocycles. The SMILES string of the molecule is CCCC(COC(C)COC)NC. The Balaban J connectivity index is 3.46. The van der Waals surface area contributed by atoms with E-state index >= 15 is 0 Å². The van der Waals surface area contributed by atoms with Crippen LogP contribution in [0.4, 0.5) is 0 Å². The zero-order chi connectivity index (χ0) is 10.1. The third kappa shape index (κ3) is 6.99. The molecule has 3 heteroatoms. The first-order valence-electron chi connectivity index (χ1n) is 5.02. The van der Waals surface area contributed by atoms with Crippen molar-refractivity contribution in [2.45, 2.75) is 38.8 Å². The molecule has 0 aliphatic heterocycles. The van der Waals surface area contributed by atoms with E-state index in [-0.39, 0.29) is 6.10 Å². The van der Waals surface area contributed by atoms with E-state index in [0.29, 0.717) is 12.6 Å². The molecule has 0 aliphatic carbocycles. The van der Waals surface area contributed by atoms with Crippen molar-refractivity contribution in [2.75, 3.05) is 27.4 Å². The van der Waals surface area contributed by atoms with Crippen LogP contribution >= 0.6 is 0 Å². The third-order valence-corrected chi connectivity index (χ3v) is 2.03. The van der Waals surface area contributed by atoms with E-state index in [4.69, 9.17) is 9.47 Å². The maximum absolute atomic E-state index is 5.60. The van der Waals surface area contributed by atoms with Gasteiger partial charge in [0.05, 0.1) is 19.3 Å². The lowest BCUT2D eigenvalue weighted by Gasteiger charge is -2.18. The van der Waals surface area contributed by atoms with Crippen molar-refractivity contribution < 1.29 is 9.47 Å². The normalized spacial score (nSPS) is 15.7. The average molecular weight is 189 g/mol. The minimum absolute atomic E-state index is 0.192. The van der Waals surface area contributed by atoms with Gasteiger partial charge in [0.15, 0.2) is 0 Å². The molecule has 0 radical (unpaired) electrons. The first-order chi connectivity index (χ1) is 6.24. The smallest absolute Gasteiger partial charge is 0.0781 e. The number of methoxy groups -OCH3 is 1. The molecule has 3 nitrogen and oxygen atoms in total. The van der Waals surface area contributed by atoms with E-state index in [1.54, 1.807) is 7.11 Å². The Morgan fingerprint density at radius 2 is 2.00 bits per heavy atom. The summed E-state index contributed by atoms with van der Waals surface area (Å²) in [6.07, 6.45) is 2.54. The molecule has 0 spiro atoms. The lowest BCUT2D eigenvalue weighted by atomic mass is 10.2. The molecule has 0 bridgehead atoms. The lowest BCUT2D eigenvalue weighted by molar-refractivity contribution is -0.000390. The summed E-state index contributed by atoms with van der Waals surface area (Å²) in [6, 6.07) is 0.476. The van der Waals surface area contributed by atoms with Crippen LogP contribution < -0.4 is 5.32 Å². The van der Waals surface area contributed by atoms with Gasteiger partial charge in [0, 0.05) is 13.2 Å². The van der Waals surface area contributed by atoms with Gasteiger partial charge in [0.25, 0.3) is 0 Å². The fourth-order valence-electron chi connectivity index (χ4n) is 1.22. The molecule has 2 atom stereocenters. The quantitative estimate of drug-likeness (QED) is 0.626. The van der Waals surface area contributed by atoms with Crippen LogP contribution in [-0.2, 0) is 9.47 Å². The lowest BCUT2D eigenvalue weighted by Crippen LogP contribution is -2.32. The molecular weight excluding hydrogens is 166 g/mol. The van der Waals surface area contributed by atoms with Crippen molar-refractivity contribution in [3.63, 3.8) is 0 Å². The zero-order valence-electron chi connectivity index (χ0n) is 9.30. The van der Waals surface area contributed by atoms with E-state index in [1.165, 1.54) is 6.42 Å². The van der Waals surface area contributed by atoms with Crippen molar-refractivity contribution >= 4 is 0 Å². The van der Waals surface area contributed by atoms with E-state index in [1.807, 2.05) is 14.0 Å². The monoisotopic (exact) mass is 189 g/mol. The number of hydrogen-bond donors (Lipinski definition) is 1. The van der Waals surface area contributed by atoms with Crippen LogP contribution in [0.3, 0.4) is 0 Å². The van der Waals surface area contributed by atoms with E-state index < -0.39 is 0 Å². The first-order valence-corrected chi connectivity index (χ1v) is 5.02. The Morgan fingerprint density at radius 1 is 1.31 bits per heavy atom. The fraction of sp³-hybridized carbons (Fsp3) is 1.00. The van der Waals surface area contributed by atoms with Gasteiger partial charge in [-0.3, -0.25) is 0 Å². The molecule has 0 saturated carbocycles. The first kappa shape index (κ1) is 12.9. The van der Waals surface area contributed by atoms with Gasteiger partial charge < -0.3 is 14.8 Å². The van der Waals surface area contributed by atoms with Crippen LogP contribution in [0.25, 0.3) is 0 Å². The molecule has 0 saturated heterocycles. The highest BCUT2D eigenvalue weighted by molar-refractivity contribution is 4.63. The topological polar surface area (TPSA) is 30.5 Å². The van der Waals surface area contributed by atoms with E-state index in [9.17, 15) is 0 Å². The summed E-state index contributed by atoms with van der Waals surface area (Å²) in [6.45, 7) is 5.66. The maximum Gasteiger partial charge on any atom is 0.0781 e. The summed E-state index contributed by atoms with van der Waals surface area (Å²) >= 11 is 0. The molecule has 1 N–H and O–H groups in total. The molecule has 0 aromatic rings. The van der Waals surface area contributed by atoms with E-state index in [0.717, 1.165) is 13.0 Å². The Hall–Kier alpha value is -0.120. The zero-order valence-corrected chi connectivity index (χ0v) is 9.30. The Kier molecular flexibility index (Phi) is 8.40. The number of hydrogen-bond acceptors (Lipinski definition) is 3. The summed E-state index contributed by atoms with van der Waals surface area (Å²) in [4.78, 5) is 0. The summed E-state index contributed by atoms with van der Waals surface area (Å²) in [7, 11) is 3.67. The highest BCUT2D eigenvalue weighted by Gasteiger charge is 2.07. The molecule has 2 unspecified atom stereocenters. The molecule has 0 aliphatic rings. The molecule has 13 heavy (non-hydrogen) atoms. The molecule has 0 amide bonds. The van der Waals surface area contributed by atoms with Gasteiger partial charge in [-0.25, -0.2) is 0 Å². The van der Waals surface area contributed by atoms with Crippen LogP contribution in [0.2, 0.25) is 0 Å². The molecule has 80 valence electrons. The van der Waals surface area contributed by atoms with Gasteiger partial charge in [-0.05, 0) is 20.4 Å². The summed E-state index contributed by atoms with van der Waals surface area (Å²) < 4.78 is 10.6. The maximum atomic E-state index is 5.60. The second-order valence-corrected chi connectivity index (χ2v) is 3.37. The van der Waals surface area contributed by atoms with Crippen molar-refractivity contribution in [3.8, 4) is 0 Å². The Morgan fingerprint density at radius 3 is 2.46 bits per heavy atom. The van der Waals surface area contributed by atoms with Gasteiger partial charge in [-0.15, -0.1) is 0 Å². The van der Waals surface area contributed by atoms with Crippen LogP contribution in [0, 0.1) is 0 Å². The highest BCUT2D eigenvalue weighted by Crippen LogP contribution is 1.99. The minimum atomic E-state index is 0.192. The van der Waals surface area contributed by atoms with Gasteiger partial charge in [-0.2, -0.15) is 0 Å². The van der Waals surface area contributed by atoms with Crippen LogP contribution in [0.5, 0.6) is 0 Å². The van der Waals surface area contributed by atoms with E-state index in [2.05, 4.69) is 12.2 Å². The van der Waals surface area contributed by atoms with Gasteiger partial charge >= 0.3 is 0 Å². The van der Waals surface area contributed by atoms with Gasteiger partial charge in [0.1, 0.15) is 0 Å². The molecule has 0 aromatic carbocycles.